The summed E-state index contributed by atoms with van der Waals surface area (Å²) in [5.41, 5.74) is 12.9. The fourth-order valence-electron chi connectivity index (χ4n) is 10.6. The van der Waals surface area contributed by atoms with Crippen LogP contribution in [0.25, 0.3) is 60.9 Å². The van der Waals surface area contributed by atoms with Crippen molar-refractivity contribution in [3.63, 3.8) is 0 Å². The van der Waals surface area contributed by atoms with Gasteiger partial charge in [0.05, 0.1) is 46.2 Å². The number of nitrogens with zero attached hydrogens (tertiary/aromatic N) is 4. The van der Waals surface area contributed by atoms with Gasteiger partial charge in [0.1, 0.15) is 11.9 Å². The van der Waals surface area contributed by atoms with E-state index in [1.165, 1.54) is 12.1 Å². The molecule has 0 N–H and O–H groups in total. The molecular formula is C73H64ClFN4. The molecule has 11 rings (SSSR count). The van der Waals surface area contributed by atoms with E-state index in [1.54, 1.807) is 18.2 Å². The molecule has 0 atom stereocenters. The molecule has 4 nitrogen and oxygen atoms in total. The van der Waals surface area contributed by atoms with Gasteiger partial charge in [-0.15, -0.1) is 0 Å². The number of aromatic nitrogens is 1. The Morgan fingerprint density at radius 1 is 0.456 bits per heavy atom. The van der Waals surface area contributed by atoms with Crippen molar-refractivity contribution in [2.75, 3.05) is 9.80 Å². The van der Waals surface area contributed by atoms with Crippen LogP contribution < -0.4 is 9.80 Å². The molecule has 10 aromatic carbocycles. The lowest BCUT2D eigenvalue weighted by Gasteiger charge is -2.34. The Labute approximate surface area is 477 Å². The first-order valence-electron chi connectivity index (χ1n) is 29.2. The van der Waals surface area contributed by atoms with Crippen molar-refractivity contribution in [3.8, 4) is 45.1 Å². The van der Waals surface area contributed by atoms with Crippen molar-refractivity contribution in [1.29, 1.82) is 5.26 Å². The largest absolute Gasteiger partial charge is 0.310 e. The van der Waals surface area contributed by atoms with E-state index in [0.717, 1.165) is 60.8 Å². The third-order valence-electron chi connectivity index (χ3n) is 14.8. The molecule has 11 aromatic rings. The number of hydrogen-bond donors (Lipinski definition) is 0. The predicted molar refractivity (Wildman–Crippen MR) is 332 cm³/mol. The number of halogens is 2. The van der Waals surface area contributed by atoms with E-state index in [-0.39, 0.29) is 33.9 Å². The maximum atomic E-state index is 17.7. The third kappa shape index (κ3) is 10.3. The predicted octanol–water partition coefficient (Wildman–Crippen LogP) is 21.3. The second-order valence-corrected chi connectivity index (χ2v) is 23.8. The molecule has 0 spiro atoms. The summed E-state index contributed by atoms with van der Waals surface area (Å²) in [6, 6.07) is 63.5. The molecule has 0 aliphatic carbocycles. The van der Waals surface area contributed by atoms with Gasteiger partial charge in [0, 0.05) is 44.0 Å². The van der Waals surface area contributed by atoms with Crippen LogP contribution in [0.2, 0.25) is 5.02 Å². The normalized spacial score (nSPS) is 12.9. The van der Waals surface area contributed by atoms with Crippen LogP contribution in [-0.4, -0.2) is 4.57 Å². The Kier molecular flexibility index (Phi) is 12.1. The van der Waals surface area contributed by atoms with Crippen molar-refractivity contribution < 1.29 is 11.2 Å². The van der Waals surface area contributed by atoms with Gasteiger partial charge in [-0.2, -0.15) is 5.26 Å². The first-order chi connectivity index (χ1) is 39.9. The van der Waals surface area contributed by atoms with Crippen molar-refractivity contribution in [1.82, 2.24) is 4.57 Å². The van der Waals surface area contributed by atoms with Crippen LogP contribution in [-0.2, 0) is 16.2 Å². The fourth-order valence-corrected chi connectivity index (χ4v) is 10.8. The molecule has 1 aromatic heterocycles. The molecule has 0 radical (unpaired) electrons. The molecule has 6 heteroatoms. The van der Waals surface area contributed by atoms with Crippen LogP contribution in [0.5, 0.6) is 0 Å². The zero-order valence-electron chi connectivity index (χ0n) is 51.0. The van der Waals surface area contributed by atoms with Crippen LogP contribution in [0.15, 0.2) is 224 Å². The Morgan fingerprint density at radius 3 is 1.49 bits per heavy atom. The molecule has 390 valence electrons. The molecular weight excluding hydrogens is 987 g/mol. The Hall–Kier alpha value is -8.69. The number of hydrogen-bond acceptors (Lipinski definition) is 3. The summed E-state index contributed by atoms with van der Waals surface area (Å²) < 4.78 is 63.9. The highest BCUT2D eigenvalue weighted by molar-refractivity contribution is 6.31. The van der Waals surface area contributed by atoms with Crippen molar-refractivity contribution >= 4 is 67.5 Å². The SMILES string of the molecule is [2H]c1c([2H])c([2H])c(-c2cccc(N(c3cc(F)cc(N(c4cccc(Cl)c4)c4ccc(C#N)c(-n5c6cc(C(C)(C)C)ccc6c6ccc(C(C)(C)C)cc65)c4)c3)c3c(-c4ccccc4)cc(C(C)(C)C)cc3-c3ccccc3)c2)c([2H])c1[2H]. The van der Waals surface area contributed by atoms with E-state index < -0.39 is 23.9 Å². The molecule has 0 aliphatic heterocycles. The van der Waals surface area contributed by atoms with E-state index >= 15 is 4.39 Å². The van der Waals surface area contributed by atoms with Crippen LogP contribution in [0, 0.1) is 17.1 Å². The van der Waals surface area contributed by atoms with Gasteiger partial charge in [-0.25, -0.2) is 4.39 Å². The maximum absolute atomic E-state index is 17.7. The summed E-state index contributed by atoms with van der Waals surface area (Å²) in [5, 5.41) is 13.7. The number of anilines is 6. The fraction of sp³-hybridized carbons (Fsp3) is 0.164. The number of benzene rings is 10. The highest BCUT2D eigenvalue weighted by atomic mass is 35.5. The summed E-state index contributed by atoms with van der Waals surface area (Å²) in [6.45, 7) is 19.7. The van der Waals surface area contributed by atoms with Gasteiger partial charge in [0.15, 0.2) is 0 Å². The lowest BCUT2D eigenvalue weighted by atomic mass is 9.82. The number of fused-ring (bicyclic) bond motifs is 3. The van der Waals surface area contributed by atoms with Gasteiger partial charge in [-0.3, -0.25) is 0 Å². The molecule has 0 amide bonds. The molecule has 0 saturated carbocycles. The van der Waals surface area contributed by atoms with Crippen molar-refractivity contribution in [3.05, 3.63) is 257 Å². The average molecular weight is 1060 g/mol. The summed E-state index contributed by atoms with van der Waals surface area (Å²) >= 11 is 6.93. The molecule has 0 aliphatic rings. The van der Waals surface area contributed by atoms with E-state index in [0.29, 0.717) is 56.0 Å². The molecule has 0 fully saturated rings. The Morgan fingerprint density at radius 2 is 0.962 bits per heavy atom. The van der Waals surface area contributed by atoms with Crippen LogP contribution in [0.4, 0.5) is 38.5 Å². The minimum absolute atomic E-state index is 0.0358. The summed E-state index contributed by atoms with van der Waals surface area (Å²) in [6.07, 6.45) is 0. The van der Waals surface area contributed by atoms with E-state index in [4.69, 9.17) is 18.5 Å². The van der Waals surface area contributed by atoms with Crippen molar-refractivity contribution in [2.45, 2.75) is 78.6 Å². The first-order valence-corrected chi connectivity index (χ1v) is 27.1. The quantitative estimate of drug-likeness (QED) is 0.137. The van der Waals surface area contributed by atoms with Crippen LogP contribution in [0.3, 0.4) is 0 Å². The molecule has 79 heavy (non-hydrogen) atoms. The molecule has 0 unspecified atom stereocenters. The molecule has 0 bridgehead atoms. The van der Waals surface area contributed by atoms with Gasteiger partial charge < -0.3 is 14.4 Å². The highest BCUT2D eigenvalue weighted by Gasteiger charge is 2.29. The standard InChI is InChI=1S/C73H64ClFN4/c1-71(2,3)53-32-35-63-64-36-33-54(72(4,5)6)41-69(64)79(68(63)40-53)67-46-60(34-31-52(67)47-76)77(59-30-20-28-56(74)42-59)61-43-57(75)44-62(45-61)78(58-29-19-27-51(37-58)48-21-13-10-14-22-48)70-65(49-23-15-11-16-24-49)38-55(73(7,8)9)39-66(70)50-25-17-12-18-26-50/h10-46H,1-9H3/i10D,13D,14D,21D,22D. The Bertz CT molecular complexity index is 4270. The zero-order valence-corrected chi connectivity index (χ0v) is 46.8. The number of nitriles is 1. The highest BCUT2D eigenvalue weighted by Crippen LogP contribution is 2.51. The minimum Gasteiger partial charge on any atom is -0.310 e. The first kappa shape index (κ1) is 46.4. The van der Waals surface area contributed by atoms with Crippen molar-refractivity contribution in [2.24, 2.45) is 0 Å². The van der Waals surface area contributed by atoms with Crippen LogP contribution >= 0.6 is 11.6 Å². The lowest BCUT2D eigenvalue weighted by Crippen LogP contribution is -2.17. The van der Waals surface area contributed by atoms with Gasteiger partial charge in [-0.1, -0.05) is 207 Å². The van der Waals surface area contributed by atoms with E-state index in [2.05, 4.69) is 146 Å². The Balaban J connectivity index is 1.23. The minimum atomic E-state index is -0.559. The average Bonchev–Trinajstić information content (AvgIpc) is 1.68. The number of rotatable bonds is 10. The summed E-state index contributed by atoms with van der Waals surface area (Å²) in [5.74, 6) is -0.559. The third-order valence-corrected chi connectivity index (χ3v) is 15.0. The van der Waals surface area contributed by atoms with Gasteiger partial charge in [-0.05, 0) is 146 Å². The monoisotopic (exact) mass is 1060 g/mol. The maximum Gasteiger partial charge on any atom is 0.127 e. The van der Waals surface area contributed by atoms with E-state index in [9.17, 15) is 5.26 Å². The lowest BCUT2D eigenvalue weighted by molar-refractivity contribution is 0.590. The van der Waals surface area contributed by atoms with Gasteiger partial charge in [0.25, 0.3) is 0 Å². The molecule has 0 saturated heterocycles. The zero-order chi connectivity index (χ0) is 59.7. The second-order valence-electron chi connectivity index (χ2n) is 23.4. The van der Waals surface area contributed by atoms with Crippen LogP contribution in [0.1, 0.15) is 91.4 Å². The smallest absolute Gasteiger partial charge is 0.127 e. The second kappa shape index (κ2) is 20.6. The topological polar surface area (TPSA) is 35.2 Å². The summed E-state index contributed by atoms with van der Waals surface area (Å²) in [7, 11) is 0. The van der Waals surface area contributed by atoms with Gasteiger partial charge in [0.2, 0.25) is 0 Å². The summed E-state index contributed by atoms with van der Waals surface area (Å²) in [4.78, 5) is 3.97. The van der Waals surface area contributed by atoms with Gasteiger partial charge >= 0.3 is 0 Å². The molecule has 1 heterocycles. The van der Waals surface area contributed by atoms with E-state index in [1.807, 2.05) is 101 Å².